The highest BCUT2D eigenvalue weighted by atomic mass is 16.6. The SMILES string of the molecule is CC(=O)O.CCC(O)OC. The first kappa shape index (κ1) is 12.1. The maximum absolute atomic E-state index is 9.00. The first-order valence-electron chi connectivity index (χ1n) is 2.95. The molecule has 0 saturated carbocycles. The summed E-state index contributed by atoms with van der Waals surface area (Å²) in [6.07, 6.45) is 0.0984. The molecule has 0 aliphatic carbocycles. The van der Waals surface area contributed by atoms with Gasteiger partial charge in [0.2, 0.25) is 0 Å². The quantitative estimate of drug-likeness (QED) is 0.561. The second kappa shape index (κ2) is 8.39. The van der Waals surface area contributed by atoms with Crippen LogP contribution in [0.25, 0.3) is 0 Å². The van der Waals surface area contributed by atoms with E-state index < -0.39 is 12.3 Å². The Morgan fingerprint density at radius 2 is 2.00 bits per heavy atom. The van der Waals surface area contributed by atoms with Crippen molar-refractivity contribution in [2.45, 2.75) is 26.6 Å². The van der Waals surface area contributed by atoms with Gasteiger partial charge in [0.1, 0.15) is 0 Å². The minimum atomic E-state index is -0.833. The molecule has 0 amide bonds. The van der Waals surface area contributed by atoms with Crippen molar-refractivity contribution in [3.8, 4) is 0 Å². The van der Waals surface area contributed by atoms with E-state index in [4.69, 9.17) is 15.0 Å². The van der Waals surface area contributed by atoms with Gasteiger partial charge in [-0.3, -0.25) is 4.79 Å². The Bertz CT molecular complexity index is 73.8. The summed E-state index contributed by atoms with van der Waals surface area (Å²) in [5, 5.41) is 15.9. The molecule has 0 rings (SSSR count). The normalized spacial score (nSPS) is 11.2. The molecule has 0 fully saturated rings. The van der Waals surface area contributed by atoms with Crippen molar-refractivity contribution in [3.05, 3.63) is 0 Å². The molecule has 0 aromatic rings. The summed E-state index contributed by atoms with van der Waals surface area (Å²) in [5.41, 5.74) is 0. The fourth-order valence-corrected chi connectivity index (χ4v) is 0.167. The van der Waals surface area contributed by atoms with Crippen molar-refractivity contribution in [2.75, 3.05) is 7.11 Å². The number of hydrogen-bond acceptors (Lipinski definition) is 3. The van der Waals surface area contributed by atoms with Crippen LogP contribution in [0.1, 0.15) is 20.3 Å². The minimum Gasteiger partial charge on any atom is -0.481 e. The van der Waals surface area contributed by atoms with Gasteiger partial charge in [-0.15, -0.1) is 0 Å². The lowest BCUT2D eigenvalue weighted by atomic mass is 10.5. The summed E-state index contributed by atoms with van der Waals surface area (Å²) >= 11 is 0. The van der Waals surface area contributed by atoms with Crippen LogP contribution >= 0.6 is 0 Å². The number of rotatable bonds is 2. The molecule has 0 radical (unpaired) electrons. The molecule has 0 aromatic heterocycles. The highest BCUT2D eigenvalue weighted by Gasteiger charge is 1.90. The predicted octanol–water partition coefficient (Wildman–Crippen LogP) is 0.452. The number of hydrogen-bond donors (Lipinski definition) is 2. The van der Waals surface area contributed by atoms with Gasteiger partial charge in [0.15, 0.2) is 6.29 Å². The van der Waals surface area contributed by atoms with Crippen LogP contribution < -0.4 is 0 Å². The lowest BCUT2D eigenvalue weighted by Gasteiger charge is -2.00. The van der Waals surface area contributed by atoms with Crippen LogP contribution in [0.3, 0.4) is 0 Å². The Morgan fingerprint density at radius 3 is 2.00 bits per heavy atom. The molecule has 1 atom stereocenters. The lowest BCUT2D eigenvalue weighted by Crippen LogP contribution is -2.05. The highest BCUT2D eigenvalue weighted by Crippen LogP contribution is 1.85. The Balaban J connectivity index is 0. The van der Waals surface area contributed by atoms with Gasteiger partial charge < -0.3 is 14.9 Å². The number of aliphatic hydroxyl groups is 1. The topological polar surface area (TPSA) is 66.8 Å². The van der Waals surface area contributed by atoms with Gasteiger partial charge in [0.25, 0.3) is 5.97 Å². The minimum absolute atomic E-state index is 0.565. The van der Waals surface area contributed by atoms with Gasteiger partial charge in [-0.05, 0) is 6.42 Å². The Morgan fingerprint density at radius 1 is 1.70 bits per heavy atom. The van der Waals surface area contributed by atoms with Crippen LogP contribution in [0.15, 0.2) is 0 Å². The number of carboxylic acids is 1. The molecule has 0 aromatic carbocycles. The van der Waals surface area contributed by atoms with Gasteiger partial charge >= 0.3 is 0 Å². The molecule has 2 N–H and O–H groups in total. The summed E-state index contributed by atoms with van der Waals surface area (Å²) in [6, 6.07) is 0. The van der Waals surface area contributed by atoms with Crippen LogP contribution in [-0.4, -0.2) is 29.6 Å². The monoisotopic (exact) mass is 150 g/mol. The largest absolute Gasteiger partial charge is 0.481 e. The van der Waals surface area contributed by atoms with E-state index in [9.17, 15) is 0 Å². The van der Waals surface area contributed by atoms with E-state index in [1.807, 2.05) is 6.92 Å². The Labute approximate surface area is 60.4 Å². The zero-order valence-electron chi connectivity index (χ0n) is 6.50. The molecule has 1 unspecified atom stereocenters. The maximum Gasteiger partial charge on any atom is 0.300 e. The first-order chi connectivity index (χ1) is 4.54. The molecule has 62 valence electrons. The molecule has 0 spiro atoms. The van der Waals surface area contributed by atoms with E-state index >= 15 is 0 Å². The van der Waals surface area contributed by atoms with Gasteiger partial charge in [0.05, 0.1) is 0 Å². The van der Waals surface area contributed by atoms with Gasteiger partial charge in [-0.1, -0.05) is 6.92 Å². The zero-order chi connectivity index (χ0) is 8.57. The van der Waals surface area contributed by atoms with Gasteiger partial charge in [-0.25, -0.2) is 0 Å². The highest BCUT2D eigenvalue weighted by molar-refractivity contribution is 5.62. The molecule has 0 heterocycles. The van der Waals surface area contributed by atoms with Crippen molar-refractivity contribution >= 4 is 5.97 Å². The number of aliphatic hydroxyl groups excluding tert-OH is 1. The molecular weight excluding hydrogens is 136 g/mol. The Hall–Kier alpha value is -0.610. The molecular formula is C6H14O4. The van der Waals surface area contributed by atoms with Crippen molar-refractivity contribution in [2.24, 2.45) is 0 Å². The van der Waals surface area contributed by atoms with E-state index in [-0.39, 0.29) is 0 Å². The number of methoxy groups -OCH3 is 1. The van der Waals surface area contributed by atoms with Gasteiger partial charge in [0, 0.05) is 14.0 Å². The molecule has 0 bridgehead atoms. The summed E-state index contributed by atoms with van der Waals surface area (Å²) in [4.78, 5) is 9.00. The first-order valence-corrected chi connectivity index (χ1v) is 2.95. The summed E-state index contributed by atoms with van der Waals surface area (Å²) < 4.78 is 4.45. The van der Waals surface area contributed by atoms with E-state index in [0.717, 1.165) is 6.92 Å². The van der Waals surface area contributed by atoms with Crippen LogP contribution in [0, 0.1) is 0 Å². The summed E-state index contributed by atoms with van der Waals surface area (Å²) in [5.74, 6) is -0.833. The number of aliphatic carboxylic acids is 1. The van der Waals surface area contributed by atoms with Crippen molar-refractivity contribution in [3.63, 3.8) is 0 Å². The van der Waals surface area contributed by atoms with Crippen molar-refractivity contribution < 1.29 is 19.7 Å². The molecule has 0 aliphatic heterocycles. The fraction of sp³-hybridized carbons (Fsp3) is 0.833. The molecule has 10 heavy (non-hydrogen) atoms. The number of carboxylic acid groups (broad SMARTS) is 1. The van der Waals surface area contributed by atoms with Crippen molar-refractivity contribution in [1.29, 1.82) is 0 Å². The number of ether oxygens (including phenoxy) is 1. The molecule has 0 saturated heterocycles. The second-order valence-corrected chi connectivity index (χ2v) is 1.62. The maximum atomic E-state index is 9.00. The van der Waals surface area contributed by atoms with E-state index in [1.165, 1.54) is 7.11 Å². The molecule has 0 aliphatic rings. The number of carbonyl (C=O) groups is 1. The van der Waals surface area contributed by atoms with E-state index in [1.54, 1.807) is 0 Å². The second-order valence-electron chi connectivity index (χ2n) is 1.62. The molecule has 4 nitrogen and oxygen atoms in total. The van der Waals surface area contributed by atoms with E-state index in [2.05, 4.69) is 4.74 Å². The third-order valence-electron chi connectivity index (χ3n) is 0.621. The summed E-state index contributed by atoms with van der Waals surface area (Å²) in [7, 11) is 1.48. The zero-order valence-corrected chi connectivity index (χ0v) is 6.50. The van der Waals surface area contributed by atoms with Crippen LogP contribution in [-0.2, 0) is 9.53 Å². The van der Waals surface area contributed by atoms with Crippen molar-refractivity contribution in [1.82, 2.24) is 0 Å². The van der Waals surface area contributed by atoms with Crippen LogP contribution in [0.5, 0.6) is 0 Å². The average molecular weight is 150 g/mol. The predicted molar refractivity (Wildman–Crippen MR) is 36.6 cm³/mol. The smallest absolute Gasteiger partial charge is 0.300 e. The summed E-state index contributed by atoms with van der Waals surface area (Å²) in [6.45, 7) is 2.94. The third-order valence-corrected chi connectivity index (χ3v) is 0.621. The van der Waals surface area contributed by atoms with Gasteiger partial charge in [-0.2, -0.15) is 0 Å². The Kier molecular flexibility index (Phi) is 10.2. The molecule has 4 heteroatoms. The average Bonchev–Trinajstić information content (AvgIpc) is 1.85. The standard InChI is InChI=1S/C4H10O2.C2H4O2/c1-3-4(5)6-2;1-2(3)4/h4-5H,3H2,1-2H3;1H3,(H,3,4). The third kappa shape index (κ3) is 26.3. The fourth-order valence-electron chi connectivity index (χ4n) is 0.167. The van der Waals surface area contributed by atoms with Crippen LogP contribution in [0.4, 0.5) is 0 Å². The van der Waals surface area contributed by atoms with Crippen LogP contribution in [0.2, 0.25) is 0 Å². The van der Waals surface area contributed by atoms with E-state index in [0.29, 0.717) is 6.42 Å². The lowest BCUT2D eigenvalue weighted by molar-refractivity contribution is -0.134.